The lowest BCUT2D eigenvalue weighted by atomic mass is 9.43. The van der Waals surface area contributed by atoms with Crippen LogP contribution >= 0.6 is 0 Å². The highest BCUT2D eigenvalue weighted by Gasteiger charge is 2.65. The summed E-state index contributed by atoms with van der Waals surface area (Å²) in [4.78, 5) is 13.1. The average Bonchev–Trinajstić information content (AvgIpc) is 2.43. The molecule has 0 unspecified atom stereocenters. The van der Waals surface area contributed by atoms with Crippen molar-refractivity contribution in [1.29, 1.82) is 0 Å². The minimum atomic E-state index is -1.76. The zero-order chi connectivity index (χ0) is 17.6. The Labute approximate surface area is 141 Å². The molecule has 23 heavy (non-hydrogen) atoms. The molecule has 3 nitrogen and oxygen atoms in total. The van der Waals surface area contributed by atoms with Crippen LogP contribution in [-0.4, -0.2) is 21.8 Å². The van der Waals surface area contributed by atoms with Crippen LogP contribution in [0.25, 0.3) is 0 Å². The van der Waals surface area contributed by atoms with E-state index < -0.39 is 11.2 Å². The van der Waals surface area contributed by atoms with Gasteiger partial charge in [0.05, 0.1) is 0 Å². The topological polar surface area (TPSA) is 57.5 Å². The Bertz CT molecular complexity index is 479. The van der Waals surface area contributed by atoms with Gasteiger partial charge in [0, 0.05) is 24.2 Å². The van der Waals surface area contributed by atoms with E-state index in [1.807, 2.05) is 13.8 Å². The largest absolute Gasteiger partial charge is 0.365 e. The summed E-state index contributed by atoms with van der Waals surface area (Å²) in [5.74, 6) is -1.42. The molecule has 2 rings (SSSR count). The Hall–Kier alpha value is -0.670. The van der Waals surface area contributed by atoms with Gasteiger partial charge < -0.3 is 10.2 Å². The number of carbonyl (C=O) groups excluding carboxylic acids is 1. The van der Waals surface area contributed by atoms with Gasteiger partial charge in [-0.1, -0.05) is 40.7 Å². The third-order valence-electron chi connectivity index (χ3n) is 7.05. The minimum Gasteiger partial charge on any atom is -0.365 e. The van der Waals surface area contributed by atoms with Gasteiger partial charge in [-0.05, 0) is 42.4 Å². The van der Waals surface area contributed by atoms with Crippen molar-refractivity contribution in [2.24, 2.45) is 34.5 Å². The molecule has 0 radical (unpaired) electrons. The Kier molecular flexibility index (Phi) is 4.87. The van der Waals surface area contributed by atoms with Crippen LogP contribution in [0, 0.1) is 34.5 Å². The van der Waals surface area contributed by atoms with Crippen LogP contribution in [0.5, 0.6) is 0 Å². The summed E-state index contributed by atoms with van der Waals surface area (Å²) >= 11 is 0. The van der Waals surface area contributed by atoms with Gasteiger partial charge >= 0.3 is 0 Å². The first-order chi connectivity index (χ1) is 10.5. The molecule has 0 aromatic rings. The van der Waals surface area contributed by atoms with Gasteiger partial charge in [-0.2, -0.15) is 0 Å². The van der Waals surface area contributed by atoms with Crippen molar-refractivity contribution in [3.05, 3.63) is 12.7 Å². The SMILES string of the molecule is C=C[C@@H](C)CC(=O)[C@H]1[C@@H](C)CC[C@H]2C(C)(C)CCC(O)(O)[C@]12C. The molecule has 2 saturated carbocycles. The van der Waals surface area contributed by atoms with Crippen LogP contribution < -0.4 is 0 Å². The number of Topliss-reactive ketones (excluding diaryl/α,β-unsaturated/α-hetero) is 1. The molecule has 2 aliphatic carbocycles. The van der Waals surface area contributed by atoms with E-state index in [-0.39, 0.29) is 34.9 Å². The molecule has 132 valence electrons. The summed E-state index contributed by atoms with van der Waals surface area (Å²) in [6, 6.07) is 0. The molecule has 0 amide bonds. The third kappa shape index (κ3) is 2.91. The summed E-state index contributed by atoms with van der Waals surface area (Å²) in [6.07, 6.45) is 5.34. The highest BCUT2D eigenvalue weighted by Crippen LogP contribution is 2.64. The summed E-state index contributed by atoms with van der Waals surface area (Å²) in [5.41, 5.74) is -0.739. The van der Waals surface area contributed by atoms with Gasteiger partial charge in [-0.15, -0.1) is 6.58 Å². The predicted octanol–water partition coefficient (Wildman–Crippen LogP) is 3.94. The van der Waals surface area contributed by atoms with Crippen molar-refractivity contribution >= 4 is 5.78 Å². The van der Waals surface area contributed by atoms with Crippen LogP contribution in [0.1, 0.15) is 66.7 Å². The lowest BCUT2D eigenvalue weighted by Gasteiger charge is -2.63. The van der Waals surface area contributed by atoms with E-state index in [1.165, 1.54) is 0 Å². The first kappa shape index (κ1) is 18.7. The number of carbonyl (C=O) groups is 1. The highest BCUT2D eigenvalue weighted by molar-refractivity contribution is 5.83. The average molecular weight is 322 g/mol. The van der Waals surface area contributed by atoms with E-state index in [4.69, 9.17) is 0 Å². The van der Waals surface area contributed by atoms with Crippen LogP contribution in [-0.2, 0) is 4.79 Å². The molecule has 0 aromatic heterocycles. The molecular formula is C20H34O3. The Morgan fingerprint density at radius 2 is 1.87 bits per heavy atom. The van der Waals surface area contributed by atoms with E-state index >= 15 is 0 Å². The van der Waals surface area contributed by atoms with Gasteiger partial charge in [0.25, 0.3) is 0 Å². The van der Waals surface area contributed by atoms with Crippen molar-refractivity contribution in [3.63, 3.8) is 0 Å². The van der Waals surface area contributed by atoms with Gasteiger partial charge in [0.2, 0.25) is 0 Å². The number of hydrogen-bond donors (Lipinski definition) is 2. The molecule has 0 bridgehead atoms. The summed E-state index contributed by atoms with van der Waals surface area (Å²) < 4.78 is 0. The van der Waals surface area contributed by atoms with Gasteiger partial charge in [0.15, 0.2) is 5.79 Å². The quantitative estimate of drug-likeness (QED) is 0.609. The fourth-order valence-corrected chi connectivity index (χ4v) is 5.55. The lowest BCUT2D eigenvalue weighted by molar-refractivity contribution is -0.318. The number of allylic oxidation sites excluding steroid dienone is 1. The van der Waals surface area contributed by atoms with Crippen molar-refractivity contribution < 1.29 is 15.0 Å². The zero-order valence-corrected chi connectivity index (χ0v) is 15.4. The number of hydrogen-bond acceptors (Lipinski definition) is 3. The van der Waals surface area contributed by atoms with E-state index in [1.54, 1.807) is 6.08 Å². The summed E-state index contributed by atoms with van der Waals surface area (Å²) in [7, 11) is 0. The molecule has 2 fully saturated rings. The predicted molar refractivity (Wildman–Crippen MR) is 92.7 cm³/mol. The van der Waals surface area contributed by atoms with Crippen LogP contribution in [0.3, 0.4) is 0 Å². The minimum absolute atomic E-state index is 0.0342. The molecular weight excluding hydrogens is 288 g/mol. The Morgan fingerprint density at radius 3 is 2.43 bits per heavy atom. The molecule has 0 aromatic carbocycles. The number of fused-ring (bicyclic) bond motifs is 1. The normalized spacial score (nSPS) is 40.0. The van der Waals surface area contributed by atoms with E-state index in [0.29, 0.717) is 12.8 Å². The molecule has 0 aliphatic heterocycles. The first-order valence-electron chi connectivity index (χ1n) is 9.07. The van der Waals surface area contributed by atoms with E-state index in [9.17, 15) is 15.0 Å². The third-order valence-corrected chi connectivity index (χ3v) is 7.05. The van der Waals surface area contributed by atoms with Crippen molar-refractivity contribution in [2.45, 2.75) is 72.5 Å². The molecule has 2 aliphatic rings. The van der Waals surface area contributed by atoms with Crippen molar-refractivity contribution in [1.82, 2.24) is 0 Å². The van der Waals surface area contributed by atoms with Crippen molar-refractivity contribution in [2.75, 3.05) is 0 Å². The lowest BCUT2D eigenvalue weighted by Crippen LogP contribution is -2.66. The summed E-state index contributed by atoms with van der Waals surface area (Å²) in [6.45, 7) is 14.3. The van der Waals surface area contributed by atoms with E-state index in [0.717, 1.165) is 19.3 Å². The molecule has 0 heterocycles. The van der Waals surface area contributed by atoms with Gasteiger partial charge in [0.1, 0.15) is 5.78 Å². The highest BCUT2D eigenvalue weighted by atomic mass is 16.5. The van der Waals surface area contributed by atoms with Crippen molar-refractivity contribution in [3.8, 4) is 0 Å². The first-order valence-corrected chi connectivity index (χ1v) is 9.07. The Morgan fingerprint density at radius 1 is 1.26 bits per heavy atom. The molecule has 0 spiro atoms. The van der Waals surface area contributed by atoms with Gasteiger partial charge in [-0.3, -0.25) is 4.79 Å². The molecule has 3 heteroatoms. The number of ketones is 1. The zero-order valence-electron chi connectivity index (χ0n) is 15.4. The maximum Gasteiger partial charge on any atom is 0.168 e. The number of rotatable bonds is 4. The standard InChI is InChI=1S/C20H34O3/c1-7-13(2)12-15(21)17-14(3)8-9-16-18(4,5)10-11-20(22,23)19(16,17)6/h7,13-14,16-17,22-23H,1,8-12H2,2-6H3/t13-,14+,16+,17-,19+/m1/s1. The van der Waals surface area contributed by atoms with E-state index in [2.05, 4.69) is 27.4 Å². The smallest absolute Gasteiger partial charge is 0.168 e. The fraction of sp³-hybridized carbons (Fsp3) is 0.850. The monoisotopic (exact) mass is 322 g/mol. The van der Waals surface area contributed by atoms with Gasteiger partial charge in [-0.25, -0.2) is 0 Å². The van der Waals surface area contributed by atoms with Crippen LogP contribution in [0.4, 0.5) is 0 Å². The second-order valence-electron chi connectivity index (χ2n) is 9.06. The maximum absolute atomic E-state index is 13.1. The van der Waals surface area contributed by atoms with Crippen LogP contribution in [0.2, 0.25) is 0 Å². The Balaban J connectivity index is 2.46. The number of aliphatic hydroxyl groups is 2. The fourth-order valence-electron chi connectivity index (χ4n) is 5.55. The summed E-state index contributed by atoms with van der Waals surface area (Å²) in [5, 5.41) is 21.7. The molecule has 2 N–H and O–H groups in total. The maximum atomic E-state index is 13.1. The molecule has 0 saturated heterocycles. The van der Waals surface area contributed by atoms with Crippen LogP contribution in [0.15, 0.2) is 12.7 Å². The second kappa shape index (κ2) is 6.00. The second-order valence-corrected chi connectivity index (χ2v) is 9.06. The molecule has 5 atom stereocenters.